The van der Waals surface area contributed by atoms with Gasteiger partial charge in [0.05, 0.1) is 22.3 Å². The molecule has 0 saturated heterocycles. The maximum Gasteiger partial charge on any atom is 0.227 e. The summed E-state index contributed by atoms with van der Waals surface area (Å²) >= 11 is 0. The molecule has 0 aliphatic carbocycles. The molecule has 0 atom stereocenters. The number of furan rings is 1. The van der Waals surface area contributed by atoms with Crippen molar-refractivity contribution in [2.75, 3.05) is 0 Å². The molecule has 7 aromatic rings. The minimum absolute atomic E-state index is 0.00589. The summed E-state index contributed by atoms with van der Waals surface area (Å²) in [6.07, 6.45) is -1.48. The fourth-order valence-electron chi connectivity index (χ4n) is 6.45. The van der Waals surface area contributed by atoms with E-state index in [0.29, 0.717) is 11.1 Å². The molecule has 0 radical (unpaired) electrons. The van der Waals surface area contributed by atoms with Gasteiger partial charge in [0, 0.05) is 23.3 Å². The summed E-state index contributed by atoms with van der Waals surface area (Å²) in [5, 5.41) is 1.59. The molecule has 232 valence electrons. The smallest absolute Gasteiger partial charge is 0.227 e. The van der Waals surface area contributed by atoms with E-state index in [0.717, 1.165) is 61.1 Å². The highest BCUT2D eigenvalue weighted by molar-refractivity contribution is 6.08. The van der Waals surface area contributed by atoms with Crippen LogP contribution in [0, 0.1) is 12.3 Å². The Kier molecular flexibility index (Phi) is 6.01. The average Bonchev–Trinajstić information content (AvgIpc) is 3.65. The van der Waals surface area contributed by atoms with Gasteiger partial charge in [-0.15, -0.1) is 0 Å². The van der Waals surface area contributed by atoms with Crippen LogP contribution >= 0.6 is 0 Å². The predicted molar refractivity (Wildman–Crippen MR) is 193 cm³/mol. The largest absolute Gasteiger partial charge is 0.437 e. The molecule has 0 N–H and O–H groups in total. The highest BCUT2D eigenvalue weighted by Gasteiger charge is 2.25. The van der Waals surface area contributed by atoms with E-state index in [2.05, 4.69) is 55.4 Å². The fraction of sp³-hybridized carbons (Fsp3) is 0.286. The Balaban J connectivity index is 1.47. The van der Waals surface area contributed by atoms with Crippen molar-refractivity contribution >= 4 is 33.1 Å². The van der Waals surface area contributed by atoms with Crippen molar-refractivity contribution in [3.8, 4) is 28.2 Å². The van der Waals surface area contributed by atoms with E-state index in [9.17, 15) is 0 Å². The molecular weight excluding hydrogens is 562 g/mol. The lowest BCUT2D eigenvalue weighted by Crippen LogP contribution is -2.10. The number of nitrogens with zero attached hydrogens (tertiary/aromatic N) is 3. The van der Waals surface area contributed by atoms with Gasteiger partial charge in [0.25, 0.3) is 0 Å². The van der Waals surface area contributed by atoms with Crippen molar-refractivity contribution in [1.82, 2.24) is 14.5 Å². The SMILES string of the molecule is [2H]C([2H])([2H])c1ccc2c(n1)oc1c(-c3nc4ccccc4n3-c3c(C(C)C)cc(-c4ccc(C([2H])([2H])C(C)(C)C)cc4)cc3C(C)C)cccc12. The predicted octanol–water partition coefficient (Wildman–Crippen LogP) is 11.8. The first-order valence-electron chi connectivity index (χ1n) is 18.6. The minimum atomic E-state index is -2.35. The number of aryl methyl sites for hydroxylation is 1. The van der Waals surface area contributed by atoms with Crippen LogP contribution in [0.2, 0.25) is 0 Å². The Labute approximate surface area is 279 Å². The second kappa shape index (κ2) is 11.3. The summed E-state index contributed by atoms with van der Waals surface area (Å²) in [5.74, 6) is 1.04. The zero-order chi connectivity index (χ0) is 36.6. The van der Waals surface area contributed by atoms with Crippen molar-refractivity contribution < 1.29 is 11.3 Å². The molecular formula is C42H43N3O. The second-order valence-electron chi connectivity index (χ2n) is 13.9. The van der Waals surface area contributed by atoms with Crippen LogP contribution in [-0.4, -0.2) is 14.5 Å². The Morgan fingerprint density at radius 1 is 0.783 bits per heavy atom. The van der Waals surface area contributed by atoms with Crippen molar-refractivity contribution in [1.29, 1.82) is 0 Å². The number of benzene rings is 4. The number of aromatic nitrogens is 3. The van der Waals surface area contributed by atoms with Crippen LogP contribution in [-0.2, 0) is 6.37 Å². The van der Waals surface area contributed by atoms with Gasteiger partial charge in [-0.1, -0.05) is 97.0 Å². The van der Waals surface area contributed by atoms with Gasteiger partial charge in [0.2, 0.25) is 5.71 Å². The monoisotopic (exact) mass is 610 g/mol. The Bertz CT molecular complexity index is 2400. The number of para-hydroxylation sites is 3. The molecule has 0 bridgehead atoms. The third kappa shape index (κ3) is 5.30. The van der Waals surface area contributed by atoms with Crippen LogP contribution in [0.3, 0.4) is 0 Å². The molecule has 0 aliphatic rings. The van der Waals surface area contributed by atoms with Crippen molar-refractivity contribution in [3.05, 3.63) is 113 Å². The molecule has 0 saturated carbocycles. The molecule has 3 aromatic heterocycles. The highest BCUT2D eigenvalue weighted by atomic mass is 16.3. The Morgan fingerprint density at radius 2 is 1.50 bits per heavy atom. The molecule has 0 spiro atoms. The quantitative estimate of drug-likeness (QED) is 0.188. The fourth-order valence-corrected chi connectivity index (χ4v) is 6.45. The van der Waals surface area contributed by atoms with E-state index in [1.54, 1.807) is 12.1 Å². The van der Waals surface area contributed by atoms with Gasteiger partial charge in [-0.25, -0.2) is 9.97 Å². The molecule has 3 heterocycles. The molecule has 0 amide bonds. The number of imidazole rings is 1. The maximum atomic E-state index is 8.78. The van der Waals surface area contributed by atoms with Crippen molar-refractivity contribution in [2.45, 2.75) is 73.5 Å². The van der Waals surface area contributed by atoms with Gasteiger partial charge in [-0.05, 0) is 101 Å². The van der Waals surface area contributed by atoms with Gasteiger partial charge < -0.3 is 4.42 Å². The zero-order valence-corrected chi connectivity index (χ0v) is 27.6. The third-order valence-corrected chi connectivity index (χ3v) is 8.54. The molecule has 0 unspecified atom stereocenters. The number of fused-ring (bicyclic) bond motifs is 4. The topological polar surface area (TPSA) is 43.9 Å². The van der Waals surface area contributed by atoms with Crippen LogP contribution in [0.25, 0.3) is 61.3 Å². The summed E-state index contributed by atoms with van der Waals surface area (Å²) in [4.78, 5) is 9.64. The van der Waals surface area contributed by atoms with Crippen LogP contribution in [0.1, 0.15) is 89.5 Å². The standard InChI is InChI=1S/C42H43N3O/c1-25(2)34-22-30(29-19-17-28(18-20-29)24-42(6,7)8)23-35(26(3)4)38(34)45-37-15-10-9-14-36(37)44-40(45)33-13-11-12-31-32-21-16-27(5)43-41(32)46-39(31)33/h9-23,25-26H,24H2,1-8H3/i5D3,24D2. The summed E-state index contributed by atoms with van der Waals surface area (Å²) in [6.45, 7) is 12.3. The van der Waals surface area contributed by atoms with Gasteiger partial charge in [-0.3, -0.25) is 4.57 Å². The van der Waals surface area contributed by atoms with E-state index in [-0.39, 0.29) is 23.2 Å². The van der Waals surface area contributed by atoms with Crippen molar-refractivity contribution in [3.63, 3.8) is 0 Å². The minimum Gasteiger partial charge on any atom is -0.437 e. The Hall–Kier alpha value is -4.70. The molecule has 4 nitrogen and oxygen atoms in total. The van der Waals surface area contributed by atoms with E-state index in [1.807, 2.05) is 81.4 Å². The van der Waals surface area contributed by atoms with Gasteiger partial charge in [0.1, 0.15) is 11.4 Å². The lowest BCUT2D eigenvalue weighted by atomic mass is 9.86. The van der Waals surface area contributed by atoms with Crippen LogP contribution < -0.4 is 0 Å². The number of pyridine rings is 1. The van der Waals surface area contributed by atoms with Gasteiger partial charge in [0.15, 0.2) is 0 Å². The van der Waals surface area contributed by atoms with E-state index in [4.69, 9.17) is 16.3 Å². The van der Waals surface area contributed by atoms with E-state index >= 15 is 0 Å². The van der Waals surface area contributed by atoms with Gasteiger partial charge >= 0.3 is 0 Å². The summed E-state index contributed by atoms with van der Waals surface area (Å²) in [5.41, 5.74) is 9.12. The average molecular weight is 611 g/mol. The molecule has 7 rings (SSSR count). The van der Waals surface area contributed by atoms with Crippen LogP contribution in [0.15, 0.2) is 95.4 Å². The van der Waals surface area contributed by atoms with E-state index in [1.165, 1.54) is 0 Å². The third-order valence-electron chi connectivity index (χ3n) is 8.54. The van der Waals surface area contributed by atoms with Gasteiger partial charge in [-0.2, -0.15) is 0 Å². The molecule has 46 heavy (non-hydrogen) atoms. The molecule has 0 aliphatic heterocycles. The summed E-state index contributed by atoms with van der Waals surface area (Å²) in [7, 11) is 0. The molecule has 4 heteroatoms. The lowest BCUT2D eigenvalue weighted by molar-refractivity contribution is 0.411. The van der Waals surface area contributed by atoms with Crippen molar-refractivity contribution in [2.24, 2.45) is 5.41 Å². The zero-order valence-electron chi connectivity index (χ0n) is 32.6. The summed E-state index contributed by atoms with van der Waals surface area (Å²) < 4.78 is 49.9. The molecule has 4 aromatic carbocycles. The maximum absolute atomic E-state index is 8.78. The first kappa shape index (κ1) is 24.5. The highest BCUT2D eigenvalue weighted by Crippen LogP contribution is 2.42. The normalized spacial score (nSPS) is 14.6. The number of hydrogen-bond acceptors (Lipinski definition) is 3. The van der Waals surface area contributed by atoms with Crippen LogP contribution in [0.5, 0.6) is 0 Å². The Morgan fingerprint density at radius 3 is 2.17 bits per heavy atom. The van der Waals surface area contributed by atoms with E-state index < -0.39 is 18.6 Å². The first-order chi connectivity index (χ1) is 24.0. The number of hydrogen-bond donors (Lipinski definition) is 0. The summed E-state index contributed by atoms with van der Waals surface area (Å²) in [6, 6.07) is 29.9. The second-order valence-corrected chi connectivity index (χ2v) is 13.9. The van der Waals surface area contributed by atoms with Crippen LogP contribution in [0.4, 0.5) is 0 Å². The lowest BCUT2D eigenvalue weighted by Gasteiger charge is -2.24. The molecule has 0 fully saturated rings. The first-order valence-corrected chi connectivity index (χ1v) is 16.1. The number of rotatable bonds is 6.